The van der Waals surface area contributed by atoms with Gasteiger partial charge < -0.3 is 10.2 Å². The molecular weight excluding hydrogens is 445 g/mol. The highest BCUT2D eigenvalue weighted by Gasteiger charge is 2.34. The molecular formula is C25H25F3N4O2. The molecule has 1 aliphatic carbocycles. The number of carbonyl (C=O) groups excluding carboxylic acids is 2. The van der Waals surface area contributed by atoms with Gasteiger partial charge in [0.25, 0.3) is 11.8 Å². The summed E-state index contributed by atoms with van der Waals surface area (Å²) < 4.78 is 41.0. The number of benzene rings is 2. The predicted octanol–water partition coefficient (Wildman–Crippen LogP) is 5.50. The van der Waals surface area contributed by atoms with Gasteiger partial charge in [-0.2, -0.15) is 18.3 Å². The Balaban J connectivity index is 1.57. The lowest BCUT2D eigenvalue weighted by Crippen LogP contribution is -2.30. The quantitative estimate of drug-likeness (QED) is 0.496. The van der Waals surface area contributed by atoms with Crippen molar-refractivity contribution in [3.8, 4) is 5.69 Å². The van der Waals surface area contributed by atoms with Gasteiger partial charge in [-0.3, -0.25) is 9.59 Å². The third-order valence-electron chi connectivity index (χ3n) is 5.87. The molecule has 2 amide bonds. The molecule has 34 heavy (non-hydrogen) atoms. The maximum atomic E-state index is 13.2. The first kappa shape index (κ1) is 23.5. The van der Waals surface area contributed by atoms with E-state index < -0.39 is 17.6 Å². The molecule has 1 heterocycles. The monoisotopic (exact) mass is 470 g/mol. The van der Waals surface area contributed by atoms with E-state index in [4.69, 9.17) is 0 Å². The SMILES string of the molecule is CCN(CC)C(=O)c1ccc(NC(=O)c2cnn(-c3cccc(C(F)(F)F)c3)c2C2CC2)cc1. The summed E-state index contributed by atoms with van der Waals surface area (Å²) in [5.74, 6) is -0.420. The zero-order valence-corrected chi connectivity index (χ0v) is 18.9. The maximum absolute atomic E-state index is 13.2. The van der Waals surface area contributed by atoms with Crippen LogP contribution in [0, 0.1) is 0 Å². The summed E-state index contributed by atoms with van der Waals surface area (Å²) in [5.41, 5.74) is 1.45. The maximum Gasteiger partial charge on any atom is 0.416 e. The van der Waals surface area contributed by atoms with Crippen molar-refractivity contribution in [1.29, 1.82) is 0 Å². The van der Waals surface area contributed by atoms with Crippen molar-refractivity contribution in [2.24, 2.45) is 0 Å². The van der Waals surface area contributed by atoms with Gasteiger partial charge in [0.1, 0.15) is 0 Å². The van der Waals surface area contributed by atoms with Crippen LogP contribution in [0.1, 0.15) is 64.6 Å². The molecule has 178 valence electrons. The van der Waals surface area contributed by atoms with Crippen LogP contribution >= 0.6 is 0 Å². The third-order valence-corrected chi connectivity index (χ3v) is 5.87. The average Bonchev–Trinajstić information content (AvgIpc) is 3.57. The minimum atomic E-state index is -4.47. The zero-order chi connectivity index (χ0) is 24.5. The fraction of sp³-hybridized carbons (Fsp3) is 0.320. The highest BCUT2D eigenvalue weighted by Crippen LogP contribution is 2.43. The van der Waals surface area contributed by atoms with E-state index in [1.54, 1.807) is 35.2 Å². The first-order valence-corrected chi connectivity index (χ1v) is 11.2. The number of alkyl halides is 3. The number of halogens is 3. The van der Waals surface area contributed by atoms with Crippen LogP contribution in [0.25, 0.3) is 5.69 Å². The minimum absolute atomic E-state index is 0.0619. The van der Waals surface area contributed by atoms with Crippen LogP contribution < -0.4 is 5.32 Å². The van der Waals surface area contributed by atoms with Gasteiger partial charge in [-0.1, -0.05) is 6.07 Å². The molecule has 0 bridgehead atoms. The molecule has 6 nitrogen and oxygen atoms in total. The lowest BCUT2D eigenvalue weighted by molar-refractivity contribution is -0.137. The predicted molar refractivity (Wildman–Crippen MR) is 122 cm³/mol. The van der Waals surface area contributed by atoms with Gasteiger partial charge in [-0.05, 0) is 69.2 Å². The number of anilines is 1. The molecule has 0 unspecified atom stereocenters. The Morgan fingerprint density at radius 1 is 1.09 bits per heavy atom. The van der Waals surface area contributed by atoms with E-state index in [2.05, 4.69) is 10.4 Å². The second-order valence-electron chi connectivity index (χ2n) is 8.19. The van der Waals surface area contributed by atoms with Gasteiger partial charge in [0.2, 0.25) is 0 Å². The fourth-order valence-electron chi connectivity index (χ4n) is 3.89. The molecule has 0 spiro atoms. The summed E-state index contributed by atoms with van der Waals surface area (Å²) in [6, 6.07) is 11.5. The minimum Gasteiger partial charge on any atom is -0.339 e. The highest BCUT2D eigenvalue weighted by molar-refractivity contribution is 6.05. The topological polar surface area (TPSA) is 67.2 Å². The molecule has 2 aromatic carbocycles. The van der Waals surface area contributed by atoms with Crippen LogP contribution in [0.2, 0.25) is 0 Å². The zero-order valence-electron chi connectivity index (χ0n) is 18.9. The number of aromatic nitrogens is 2. The molecule has 0 atom stereocenters. The molecule has 1 aliphatic rings. The summed E-state index contributed by atoms with van der Waals surface area (Å²) in [6.45, 7) is 5.03. The number of nitrogens with one attached hydrogen (secondary N) is 1. The fourth-order valence-corrected chi connectivity index (χ4v) is 3.89. The number of hydrogen-bond acceptors (Lipinski definition) is 3. The van der Waals surface area contributed by atoms with E-state index in [1.165, 1.54) is 16.9 Å². The normalized spacial score (nSPS) is 13.6. The lowest BCUT2D eigenvalue weighted by atomic mass is 10.1. The molecule has 0 aliphatic heterocycles. The van der Waals surface area contributed by atoms with Crippen LogP contribution in [0.15, 0.2) is 54.7 Å². The van der Waals surface area contributed by atoms with Crippen molar-refractivity contribution in [2.75, 3.05) is 18.4 Å². The van der Waals surface area contributed by atoms with E-state index >= 15 is 0 Å². The molecule has 1 N–H and O–H groups in total. The van der Waals surface area contributed by atoms with Gasteiger partial charge in [-0.15, -0.1) is 0 Å². The molecule has 4 rings (SSSR count). The first-order chi connectivity index (χ1) is 16.2. The first-order valence-electron chi connectivity index (χ1n) is 11.2. The van der Waals surface area contributed by atoms with Crippen LogP contribution in [-0.4, -0.2) is 39.6 Å². The third kappa shape index (κ3) is 4.83. The Hall–Kier alpha value is -3.62. The molecule has 3 aromatic rings. The summed E-state index contributed by atoms with van der Waals surface area (Å²) in [4.78, 5) is 27.2. The Morgan fingerprint density at radius 3 is 2.35 bits per heavy atom. The van der Waals surface area contributed by atoms with E-state index in [9.17, 15) is 22.8 Å². The van der Waals surface area contributed by atoms with Gasteiger partial charge in [-0.25, -0.2) is 4.68 Å². The van der Waals surface area contributed by atoms with Crippen molar-refractivity contribution < 1.29 is 22.8 Å². The van der Waals surface area contributed by atoms with Crippen LogP contribution in [0.4, 0.5) is 18.9 Å². The summed E-state index contributed by atoms with van der Waals surface area (Å²) in [7, 11) is 0. The van der Waals surface area contributed by atoms with Crippen LogP contribution in [0.3, 0.4) is 0 Å². The standard InChI is InChI=1S/C25H25F3N4O2/c1-3-31(4-2)24(34)17-10-12-19(13-11-17)30-23(33)21-15-29-32(22(21)16-8-9-16)20-7-5-6-18(14-20)25(26,27)28/h5-7,10-16H,3-4,8-9H2,1-2H3,(H,30,33). The largest absolute Gasteiger partial charge is 0.416 e. The second-order valence-corrected chi connectivity index (χ2v) is 8.19. The number of rotatable bonds is 7. The molecule has 1 aromatic heterocycles. The summed E-state index contributed by atoms with van der Waals surface area (Å²) in [6.07, 6.45) is -1.40. The van der Waals surface area contributed by atoms with E-state index in [-0.39, 0.29) is 17.5 Å². The number of amides is 2. The molecule has 9 heteroatoms. The summed E-state index contributed by atoms with van der Waals surface area (Å²) >= 11 is 0. The van der Waals surface area contributed by atoms with E-state index in [1.807, 2.05) is 13.8 Å². The van der Waals surface area contributed by atoms with Crippen molar-refractivity contribution in [1.82, 2.24) is 14.7 Å². The lowest BCUT2D eigenvalue weighted by Gasteiger charge is -2.18. The number of hydrogen-bond donors (Lipinski definition) is 1. The number of nitrogens with zero attached hydrogens (tertiary/aromatic N) is 3. The van der Waals surface area contributed by atoms with Crippen molar-refractivity contribution in [3.05, 3.63) is 77.1 Å². The number of carbonyl (C=O) groups is 2. The summed E-state index contributed by atoms with van der Waals surface area (Å²) in [5, 5.41) is 7.06. The highest BCUT2D eigenvalue weighted by atomic mass is 19.4. The Labute approximate surface area is 195 Å². The van der Waals surface area contributed by atoms with Crippen molar-refractivity contribution >= 4 is 17.5 Å². The Bertz CT molecular complexity index is 1190. The van der Waals surface area contributed by atoms with Gasteiger partial charge in [0.15, 0.2) is 0 Å². The molecule has 0 radical (unpaired) electrons. The van der Waals surface area contributed by atoms with Crippen molar-refractivity contribution in [3.63, 3.8) is 0 Å². The second kappa shape index (κ2) is 9.32. The van der Waals surface area contributed by atoms with Crippen LogP contribution in [-0.2, 0) is 6.18 Å². The Kier molecular flexibility index (Phi) is 6.45. The smallest absolute Gasteiger partial charge is 0.339 e. The molecule has 1 saturated carbocycles. The molecule has 0 saturated heterocycles. The average molecular weight is 470 g/mol. The molecule has 1 fully saturated rings. The Morgan fingerprint density at radius 2 is 1.76 bits per heavy atom. The van der Waals surface area contributed by atoms with Gasteiger partial charge >= 0.3 is 6.18 Å². The van der Waals surface area contributed by atoms with Crippen molar-refractivity contribution in [2.45, 2.75) is 38.8 Å². The van der Waals surface area contributed by atoms with Gasteiger partial charge in [0, 0.05) is 30.3 Å². The van der Waals surface area contributed by atoms with Crippen LogP contribution in [0.5, 0.6) is 0 Å². The van der Waals surface area contributed by atoms with E-state index in [0.29, 0.717) is 35.6 Å². The van der Waals surface area contributed by atoms with Gasteiger partial charge in [0.05, 0.1) is 28.7 Å². The van der Waals surface area contributed by atoms with E-state index in [0.717, 1.165) is 25.0 Å².